The van der Waals surface area contributed by atoms with E-state index in [9.17, 15) is 4.79 Å². The molecule has 0 bridgehead atoms. The third-order valence-electron chi connectivity index (χ3n) is 4.68. The van der Waals surface area contributed by atoms with Gasteiger partial charge in [0, 0.05) is 17.5 Å². The molecule has 2 aromatic carbocycles. The van der Waals surface area contributed by atoms with E-state index in [1.165, 1.54) is 5.56 Å². The molecule has 4 heteroatoms. The minimum atomic E-state index is 0.0299. The van der Waals surface area contributed by atoms with Crippen molar-refractivity contribution in [3.05, 3.63) is 59.7 Å². The summed E-state index contributed by atoms with van der Waals surface area (Å²) in [6, 6.07) is 15.7. The van der Waals surface area contributed by atoms with Crippen molar-refractivity contribution in [1.82, 2.24) is 5.32 Å². The van der Waals surface area contributed by atoms with Gasteiger partial charge < -0.3 is 14.8 Å². The molecular weight excluding hydrogens is 302 g/mol. The summed E-state index contributed by atoms with van der Waals surface area (Å²) in [6.45, 7) is 0.655. The smallest absolute Gasteiger partial charge is 0.224 e. The number of hydrogen-bond acceptors (Lipinski definition) is 3. The second kappa shape index (κ2) is 6.95. The number of benzene rings is 2. The Labute approximate surface area is 142 Å². The maximum absolute atomic E-state index is 12.3. The number of para-hydroxylation sites is 1. The van der Waals surface area contributed by atoms with Crippen LogP contribution in [0.25, 0.3) is 0 Å². The number of amides is 1. The van der Waals surface area contributed by atoms with Crippen molar-refractivity contribution in [1.29, 1.82) is 0 Å². The van der Waals surface area contributed by atoms with E-state index in [4.69, 9.17) is 9.47 Å². The molecule has 1 aliphatic carbocycles. The predicted molar refractivity (Wildman–Crippen MR) is 93.6 cm³/mol. The Morgan fingerprint density at radius 3 is 2.38 bits per heavy atom. The lowest BCUT2D eigenvalue weighted by atomic mass is 9.94. The van der Waals surface area contributed by atoms with E-state index in [-0.39, 0.29) is 11.3 Å². The molecule has 0 heterocycles. The molecule has 1 saturated carbocycles. The Balaban J connectivity index is 1.59. The van der Waals surface area contributed by atoms with Gasteiger partial charge >= 0.3 is 0 Å². The van der Waals surface area contributed by atoms with Crippen LogP contribution in [-0.4, -0.2) is 26.7 Å². The molecule has 0 aliphatic heterocycles. The monoisotopic (exact) mass is 325 g/mol. The summed E-state index contributed by atoms with van der Waals surface area (Å²) in [4.78, 5) is 12.3. The van der Waals surface area contributed by atoms with Crippen LogP contribution in [0.3, 0.4) is 0 Å². The number of nitrogens with one attached hydrogen (secondary N) is 1. The number of carbonyl (C=O) groups excluding carboxylic acids is 1. The summed E-state index contributed by atoms with van der Waals surface area (Å²) in [6.07, 6.45) is 2.54. The number of methoxy groups -OCH3 is 2. The van der Waals surface area contributed by atoms with E-state index in [1.54, 1.807) is 14.2 Å². The molecule has 2 aromatic rings. The highest BCUT2D eigenvalue weighted by molar-refractivity contribution is 5.78. The first-order chi connectivity index (χ1) is 11.7. The van der Waals surface area contributed by atoms with E-state index in [0.29, 0.717) is 13.0 Å². The van der Waals surface area contributed by atoms with Gasteiger partial charge in [-0.15, -0.1) is 0 Å². The average Bonchev–Trinajstić information content (AvgIpc) is 3.42. The molecule has 0 saturated heterocycles. The Kier molecular flexibility index (Phi) is 4.74. The second-order valence-corrected chi connectivity index (χ2v) is 6.28. The molecule has 0 radical (unpaired) electrons. The van der Waals surface area contributed by atoms with Gasteiger partial charge in [-0.1, -0.05) is 30.3 Å². The van der Waals surface area contributed by atoms with Gasteiger partial charge in [-0.3, -0.25) is 4.79 Å². The second-order valence-electron chi connectivity index (χ2n) is 6.28. The van der Waals surface area contributed by atoms with Crippen LogP contribution in [0.2, 0.25) is 0 Å². The molecule has 3 rings (SSSR count). The van der Waals surface area contributed by atoms with Crippen LogP contribution >= 0.6 is 0 Å². The highest BCUT2D eigenvalue weighted by atomic mass is 16.5. The maximum Gasteiger partial charge on any atom is 0.224 e. The van der Waals surface area contributed by atoms with Crippen LogP contribution in [0, 0.1) is 0 Å². The Hall–Kier alpha value is -2.49. The SMILES string of the molecule is COc1ccc(CC(=O)NCC2(c3ccccc3OC)CC2)cc1. The fourth-order valence-corrected chi connectivity index (χ4v) is 3.03. The number of carbonyl (C=O) groups is 1. The summed E-state index contributed by atoms with van der Waals surface area (Å²) in [5.74, 6) is 1.74. The van der Waals surface area contributed by atoms with Gasteiger partial charge in [-0.05, 0) is 36.6 Å². The quantitative estimate of drug-likeness (QED) is 0.851. The van der Waals surface area contributed by atoms with Crippen LogP contribution < -0.4 is 14.8 Å². The molecule has 0 spiro atoms. The number of ether oxygens (including phenoxy) is 2. The Morgan fingerprint density at radius 2 is 1.75 bits per heavy atom. The molecule has 1 amide bonds. The highest BCUT2D eigenvalue weighted by Gasteiger charge is 2.46. The molecule has 1 aliphatic rings. The van der Waals surface area contributed by atoms with E-state index >= 15 is 0 Å². The van der Waals surface area contributed by atoms with Gasteiger partial charge in [0.1, 0.15) is 11.5 Å². The van der Waals surface area contributed by atoms with Gasteiger partial charge in [0.25, 0.3) is 0 Å². The van der Waals surface area contributed by atoms with Crippen molar-refractivity contribution in [2.75, 3.05) is 20.8 Å². The standard InChI is InChI=1S/C20H23NO3/c1-23-16-9-7-15(8-10-16)13-19(22)21-14-20(11-12-20)17-5-3-4-6-18(17)24-2/h3-10H,11-14H2,1-2H3,(H,21,22). The van der Waals surface area contributed by atoms with Crippen molar-refractivity contribution >= 4 is 5.91 Å². The summed E-state index contributed by atoms with van der Waals surface area (Å²) in [7, 11) is 3.33. The third kappa shape index (κ3) is 3.53. The fraction of sp³-hybridized carbons (Fsp3) is 0.350. The largest absolute Gasteiger partial charge is 0.497 e. The topological polar surface area (TPSA) is 47.6 Å². The Bertz CT molecular complexity index is 705. The third-order valence-corrected chi connectivity index (χ3v) is 4.68. The first kappa shape index (κ1) is 16.4. The molecule has 1 N–H and O–H groups in total. The zero-order chi connectivity index (χ0) is 17.0. The van der Waals surface area contributed by atoms with Crippen molar-refractivity contribution in [2.24, 2.45) is 0 Å². The van der Waals surface area contributed by atoms with Crippen LogP contribution in [0.15, 0.2) is 48.5 Å². The first-order valence-electron chi connectivity index (χ1n) is 8.20. The van der Waals surface area contributed by atoms with E-state index in [0.717, 1.165) is 29.9 Å². The fourth-order valence-electron chi connectivity index (χ4n) is 3.03. The zero-order valence-corrected chi connectivity index (χ0v) is 14.2. The van der Waals surface area contributed by atoms with Crippen LogP contribution in [0.5, 0.6) is 11.5 Å². The minimum absolute atomic E-state index is 0.0299. The summed E-state index contributed by atoms with van der Waals surface area (Å²) < 4.78 is 10.6. The lowest BCUT2D eigenvalue weighted by molar-refractivity contribution is -0.120. The molecule has 1 fully saturated rings. The van der Waals surface area contributed by atoms with Gasteiger partial charge in [0.05, 0.1) is 20.6 Å². The molecule has 126 valence electrons. The molecule has 0 atom stereocenters. The van der Waals surface area contributed by atoms with Gasteiger partial charge in [0.15, 0.2) is 0 Å². The predicted octanol–water partition coefficient (Wildman–Crippen LogP) is 3.09. The molecule has 0 aromatic heterocycles. The molecular formula is C20H23NO3. The normalized spacial score (nSPS) is 14.8. The molecule has 0 unspecified atom stereocenters. The van der Waals surface area contributed by atoms with Crippen LogP contribution in [-0.2, 0) is 16.6 Å². The van der Waals surface area contributed by atoms with E-state index in [1.807, 2.05) is 42.5 Å². The van der Waals surface area contributed by atoms with Gasteiger partial charge in [0.2, 0.25) is 5.91 Å². The first-order valence-corrected chi connectivity index (χ1v) is 8.20. The lowest BCUT2D eigenvalue weighted by Gasteiger charge is -2.19. The summed E-state index contributed by atoms with van der Waals surface area (Å²) >= 11 is 0. The van der Waals surface area contributed by atoms with Crippen LogP contribution in [0.1, 0.15) is 24.0 Å². The minimum Gasteiger partial charge on any atom is -0.497 e. The van der Waals surface area contributed by atoms with Crippen molar-refractivity contribution < 1.29 is 14.3 Å². The van der Waals surface area contributed by atoms with Gasteiger partial charge in [-0.25, -0.2) is 0 Å². The lowest BCUT2D eigenvalue weighted by Crippen LogP contribution is -2.33. The summed E-state index contributed by atoms with van der Waals surface area (Å²) in [5.41, 5.74) is 2.20. The summed E-state index contributed by atoms with van der Waals surface area (Å²) in [5, 5.41) is 3.09. The maximum atomic E-state index is 12.3. The molecule has 4 nitrogen and oxygen atoms in total. The average molecular weight is 325 g/mol. The Morgan fingerprint density at radius 1 is 1.04 bits per heavy atom. The van der Waals surface area contributed by atoms with Crippen molar-refractivity contribution in [2.45, 2.75) is 24.7 Å². The van der Waals surface area contributed by atoms with Crippen molar-refractivity contribution in [3.63, 3.8) is 0 Å². The van der Waals surface area contributed by atoms with Gasteiger partial charge in [-0.2, -0.15) is 0 Å². The number of rotatable bonds is 7. The van der Waals surface area contributed by atoms with E-state index < -0.39 is 0 Å². The van der Waals surface area contributed by atoms with E-state index in [2.05, 4.69) is 11.4 Å². The van der Waals surface area contributed by atoms with Crippen LogP contribution in [0.4, 0.5) is 0 Å². The molecule has 24 heavy (non-hydrogen) atoms. The number of hydrogen-bond donors (Lipinski definition) is 1. The van der Waals surface area contributed by atoms with Crippen molar-refractivity contribution in [3.8, 4) is 11.5 Å². The zero-order valence-electron chi connectivity index (χ0n) is 14.2. The highest BCUT2D eigenvalue weighted by Crippen LogP contribution is 2.50.